The average Bonchev–Trinajstić information content (AvgIpc) is 2.68. The van der Waals surface area contributed by atoms with Gasteiger partial charge >= 0.3 is 0 Å². The molecule has 3 rings (SSSR count). The lowest BCUT2D eigenvalue weighted by molar-refractivity contribution is 0.0376. The number of ether oxygens (including phenoxy) is 1. The Bertz CT molecular complexity index is 595. The third-order valence-corrected chi connectivity index (χ3v) is 5.92. The van der Waals surface area contributed by atoms with E-state index in [0.29, 0.717) is 0 Å². The summed E-state index contributed by atoms with van der Waals surface area (Å²) in [4.78, 5) is 7.27. The number of thiocarbonyl (C=S) groups is 1. The van der Waals surface area contributed by atoms with Crippen LogP contribution in [0.3, 0.4) is 0 Å². The summed E-state index contributed by atoms with van der Waals surface area (Å²) in [6, 6.07) is 6.58. The Morgan fingerprint density at radius 1 is 1.08 bits per heavy atom. The molecule has 6 heteroatoms. The Hall–Kier alpha value is -1.37. The molecule has 0 aromatic heterocycles. The van der Waals surface area contributed by atoms with Crippen molar-refractivity contribution in [1.29, 1.82) is 0 Å². The lowest BCUT2D eigenvalue weighted by atomic mass is 10.1. The summed E-state index contributed by atoms with van der Waals surface area (Å²) in [5.41, 5.74) is 4.13. The Morgan fingerprint density at radius 3 is 2.54 bits per heavy atom. The van der Waals surface area contributed by atoms with E-state index < -0.39 is 0 Å². The number of rotatable bonds is 5. The molecule has 0 unspecified atom stereocenters. The highest BCUT2D eigenvalue weighted by atomic mass is 32.1. The Morgan fingerprint density at radius 2 is 1.81 bits per heavy atom. The molecule has 144 valence electrons. The number of morpholine rings is 1. The van der Waals surface area contributed by atoms with Gasteiger partial charge in [-0.2, -0.15) is 0 Å². The number of hydrogen-bond acceptors (Lipinski definition) is 4. The molecule has 0 aliphatic carbocycles. The molecule has 2 aliphatic rings. The molecule has 2 heterocycles. The molecule has 0 bridgehead atoms. The number of nitrogens with one attached hydrogen (secondary N) is 1. The molecule has 2 saturated heterocycles. The summed E-state index contributed by atoms with van der Waals surface area (Å²) in [6.07, 6.45) is 1.13. The minimum Gasteiger partial charge on any atom is -0.379 e. The fraction of sp³-hybridized carbons (Fsp3) is 0.650. The minimum absolute atomic E-state index is 0.872. The second-order valence-corrected chi connectivity index (χ2v) is 7.62. The van der Waals surface area contributed by atoms with E-state index in [2.05, 4.69) is 52.1 Å². The van der Waals surface area contributed by atoms with Gasteiger partial charge in [-0.25, -0.2) is 0 Å². The maximum atomic E-state index is 5.61. The fourth-order valence-corrected chi connectivity index (χ4v) is 3.95. The van der Waals surface area contributed by atoms with Crippen molar-refractivity contribution in [3.63, 3.8) is 0 Å². The van der Waals surface area contributed by atoms with E-state index in [1.165, 1.54) is 16.8 Å². The van der Waals surface area contributed by atoms with Gasteiger partial charge in [0, 0.05) is 51.5 Å². The number of nitrogens with zero attached hydrogens (tertiary/aromatic N) is 3. The van der Waals surface area contributed by atoms with Crippen LogP contribution in [0.25, 0.3) is 0 Å². The van der Waals surface area contributed by atoms with Crippen molar-refractivity contribution in [2.75, 3.05) is 70.5 Å². The second-order valence-electron chi connectivity index (χ2n) is 7.23. The van der Waals surface area contributed by atoms with Gasteiger partial charge in [-0.05, 0) is 56.2 Å². The number of hydrogen-bond donors (Lipinski definition) is 1. The van der Waals surface area contributed by atoms with Gasteiger partial charge in [-0.15, -0.1) is 0 Å². The van der Waals surface area contributed by atoms with Gasteiger partial charge in [-0.1, -0.05) is 12.1 Å². The normalized spacial score (nSPS) is 18.8. The fourth-order valence-electron chi connectivity index (χ4n) is 3.66. The van der Waals surface area contributed by atoms with Crippen molar-refractivity contribution in [3.05, 3.63) is 29.3 Å². The summed E-state index contributed by atoms with van der Waals surface area (Å²) in [7, 11) is 0. The highest BCUT2D eigenvalue weighted by Gasteiger charge is 2.20. The molecule has 0 saturated carbocycles. The van der Waals surface area contributed by atoms with E-state index in [9.17, 15) is 0 Å². The summed E-state index contributed by atoms with van der Waals surface area (Å²) < 4.78 is 5.39. The van der Waals surface area contributed by atoms with Crippen LogP contribution in [0.15, 0.2) is 18.2 Å². The van der Waals surface area contributed by atoms with Crippen LogP contribution in [0.5, 0.6) is 0 Å². The highest BCUT2D eigenvalue weighted by Crippen LogP contribution is 2.23. The lowest BCUT2D eigenvalue weighted by Crippen LogP contribution is -2.52. The van der Waals surface area contributed by atoms with Crippen LogP contribution >= 0.6 is 12.2 Å². The third kappa shape index (κ3) is 5.09. The molecule has 1 aromatic carbocycles. The first-order chi connectivity index (χ1) is 12.6. The van der Waals surface area contributed by atoms with Gasteiger partial charge in [0.05, 0.1) is 13.2 Å². The maximum Gasteiger partial charge on any atom is 0.169 e. The molecule has 26 heavy (non-hydrogen) atoms. The molecule has 1 N–H and O–H groups in total. The zero-order chi connectivity index (χ0) is 18.4. The minimum atomic E-state index is 0.872. The molecular weight excluding hydrogens is 344 g/mol. The third-order valence-electron chi connectivity index (χ3n) is 5.51. The second kappa shape index (κ2) is 9.53. The predicted molar refractivity (Wildman–Crippen MR) is 112 cm³/mol. The van der Waals surface area contributed by atoms with Crippen LogP contribution in [-0.2, 0) is 4.74 Å². The van der Waals surface area contributed by atoms with Crippen molar-refractivity contribution in [2.45, 2.75) is 20.3 Å². The van der Waals surface area contributed by atoms with E-state index in [4.69, 9.17) is 17.0 Å². The smallest absolute Gasteiger partial charge is 0.169 e. The Kier molecular flexibility index (Phi) is 7.11. The van der Waals surface area contributed by atoms with E-state index in [1.807, 2.05) is 0 Å². The molecule has 0 atom stereocenters. The topological polar surface area (TPSA) is 31.0 Å². The monoisotopic (exact) mass is 376 g/mol. The first kappa shape index (κ1) is 19.4. The van der Waals surface area contributed by atoms with E-state index in [-0.39, 0.29) is 0 Å². The van der Waals surface area contributed by atoms with Crippen LogP contribution in [0.4, 0.5) is 5.69 Å². The number of aryl methyl sites for hydroxylation is 1. The molecule has 5 nitrogen and oxygen atoms in total. The van der Waals surface area contributed by atoms with Crippen LogP contribution in [-0.4, -0.2) is 80.5 Å². The molecule has 0 spiro atoms. The standard InChI is InChI=1S/C20H32N4OS/c1-17-5-3-6-19(18(17)2)23-9-11-24(12-10-23)20(26)21-7-4-8-22-13-15-25-16-14-22/h3,5-6H,4,7-16H2,1-2H3,(H,21,26). The van der Waals surface area contributed by atoms with Crippen molar-refractivity contribution in [1.82, 2.24) is 15.1 Å². The Labute approximate surface area is 163 Å². The zero-order valence-corrected chi connectivity index (χ0v) is 17.0. The lowest BCUT2D eigenvalue weighted by Gasteiger charge is -2.38. The van der Waals surface area contributed by atoms with Crippen LogP contribution in [0.1, 0.15) is 17.5 Å². The first-order valence-corrected chi connectivity index (χ1v) is 10.2. The predicted octanol–water partition coefficient (Wildman–Crippen LogP) is 2.02. The van der Waals surface area contributed by atoms with Gasteiger partial charge in [0.2, 0.25) is 0 Å². The quantitative estimate of drug-likeness (QED) is 0.625. The number of piperazine rings is 1. The van der Waals surface area contributed by atoms with Crippen molar-refractivity contribution in [2.24, 2.45) is 0 Å². The van der Waals surface area contributed by atoms with Gasteiger partial charge in [0.15, 0.2) is 5.11 Å². The van der Waals surface area contributed by atoms with Crippen molar-refractivity contribution >= 4 is 23.0 Å². The Balaban J connectivity index is 1.37. The van der Waals surface area contributed by atoms with Crippen LogP contribution < -0.4 is 10.2 Å². The van der Waals surface area contributed by atoms with Crippen LogP contribution in [0.2, 0.25) is 0 Å². The largest absolute Gasteiger partial charge is 0.379 e. The number of benzene rings is 1. The highest BCUT2D eigenvalue weighted by molar-refractivity contribution is 7.80. The average molecular weight is 377 g/mol. The summed E-state index contributed by atoms with van der Waals surface area (Å²) in [5, 5.41) is 4.36. The summed E-state index contributed by atoms with van der Waals surface area (Å²) in [5.74, 6) is 0. The zero-order valence-electron chi connectivity index (χ0n) is 16.2. The molecule has 2 fully saturated rings. The molecular formula is C20H32N4OS. The van der Waals surface area contributed by atoms with Gasteiger partial charge in [0.1, 0.15) is 0 Å². The SMILES string of the molecule is Cc1cccc(N2CCN(C(=S)NCCCN3CCOCC3)CC2)c1C. The molecule has 0 radical (unpaired) electrons. The van der Waals surface area contributed by atoms with Gasteiger partial charge < -0.3 is 19.9 Å². The van der Waals surface area contributed by atoms with Gasteiger partial charge in [0.25, 0.3) is 0 Å². The molecule has 1 aromatic rings. The van der Waals surface area contributed by atoms with Crippen molar-refractivity contribution in [3.8, 4) is 0 Å². The molecule has 2 aliphatic heterocycles. The van der Waals surface area contributed by atoms with Crippen LogP contribution in [0, 0.1) is 13.8 Å². The number of anilines is 1. The van der Waals surface area contributed by atoms with E-state index in [1.54, 1.807) is 0 Å². The van der Waals surface area contributed by atoms with Crippen molar-refractivity contribution < 1.29 is 4.74 Å². The van der Waals surface area contributed by atoms with Gasteiger partial charge in [-0.3, -0.25) is 4.90 Å². The summed E-state index contributed by atoms with van der Waals surface area (Å²) >= 11 is 5.61. The van der Waals surface area contributed by atoms with E-state index in [0.717, 1.165) is 77.1 Å². The molecule has 0 amide bonds. The first-order valence-electron chi connectivity index (χ1n) is 9.79. The maximum absolute atomic E-state index is 5.61. The van der Waals surface area contributed by atoms with E-state index >= 15 is 0 Å². The summed E-state index contributed by atoms with van der Waals surface area (Å²) in [6.45, 7) is 14.4.